The lowest BCUT2D eigenvalue weighted by Gasteiger charge is -2.29. The number of sulfonamides is 1. The third kappa shape index (κ3) is 5.23. The van der Waals surface area contributed by atoms with Crippen LogP contribution in [0.2, 0.25) is 5.02 Å². The van der Waals surface area contributed by atoms with E-state index in [1.165, 1.54) is 11.6 Å². The summed E-state index contributed by atoms with van der Waals surface area (Å²) >= 11 is 5.99. The van der Waals surface area contributed by atoms with Crippen molar-refractivity contribution in [3.05, 3.63) is 64.2 Å². The molecule has 1 amide bonds. The van der Waals surface area contributed by atoms with Gasteiger partial charge in [0.15, 0.2) is 0 Å². The fourth-order valence-corrected chi connectivity index (χ4v) is 4.22. The Labute approximate surface area is 166 Å². The molecule has 0 saturated heterocycles. The van der Waals surface area contributed by atoms with Gasteiger partial charge in [-0.25, -0.2) is 8.42 Å². The van der Waals surface area contributed by atoms with Crippen LogP contribution in [-0.2, 0) is 14.8 Å². The zero-order chi connectivity index (χ0) is 20.4. The van der Waals surface area contributed by atoms with E-state index in [0.717, 1.165) is 21.7 Å². The van der Waals surface area contributed by atoms with Crippen molar-refractivity contribution >= 4 is 33.2 Å². The summed E-state index contributed by atoms with van der Waals surface area (Å²) in [4.78, 5) is 12.8. The Balaban J connectivity index is 2.25. The summed E-state index contributed by atoms with van der Waals surface area (Å²) < 4.78 is 25.7. The third-order valence-electron chi connectivity index (χ3n) is 4.54. The van der Waals surface area contributed by atoms with Crippen LogP contribution in [0.4, 0.5) is 5.69 Å². The van der Waals surface area contributed by atoms with E-state index in [4.69, 9.17) is 11.6 Å². The maximum absolute atomic E-state index is 12.8. The molecular formula is C20H25ClN2O3S. The minimum absolute atomic E-state index is 0.250. The van der Waals surface area contributed by atoms with E-state index >= 15 is 0 Å². The lowest BCUT2D eigenvalue weighted by Crippen LogP contribution is -2.48. The number of benzene rings is 2. The van der Waals surface area contributed by atoms with Crippen LogP contribution >= 0.6 is 11.6 Å². The van der Waals surface area contributed by atoms with E-state index < -0.39 is 16.1 Å². The first-order valence-electron chi connectivity index (χ1n) is 8.63. The zero-order valence-corrected chi connectivity index (χ0v) is 17.7. The zero-order valence-electron chi connectivity index (χ0n) is 16.2. The van der Waals surface area contributed by atoms with Crippen molar-refractivity contribution in [3.63, 3.8) is 0 Å². The lowest BCUT2D eigenvalue weighted by atomic mass is 10.0. The predicted molar refractivity (Wildman–Crippen MR) is 111 cm³/mol. The molecule has 0 saturated carbocycles. The smallest absolute Gasteiger partial charge is 0.244 e. The van der Waals surface area contributed by atoms with Gasteiger partial charge < -0.3 is 5.32 Å². The van der Waals surface area contributed by atoms with Gasteiger partial charge in [-0.15, -0.1) is 0 Å². The fraction of sp³-hybridized carbons (Fsp3) is 0.350. The van der Waals surface area contributed by atoms with Gasteiger partial charge in [-0.1, -0.05) is 35.9 Å². The normalized spacial score (nSPS) is 13.7. The van der Waals surface area contributed by atoms with E-state index in [2.05, 4.69) is 5.32 Å². The van der Waals surface area contributed by atoms with Gasteiger partial charge in [-0.05, 0) is 62.6 Å². The number of nitrogens with zero attached hydrogens (tertiary/aromatic N) is 1. The molecule has 27 heavy (non-hydrogen) atoms. The Morgan fingerprint density at radius 2 is 1.74 bits per heavy atom. The van der Waals surface area contributed by atoms with Gasteiger partial charge in [0, 0.05) is 5.02 Å². The number of nitrogens with one attached hydrogen (secondary N) is 1. The number of amides is 1. The van der Waals surface area contributed by atoms with Gasteiger partial charge in [0.1, 0.15) is 6.04 Å². The molecule has 0 bridgehead atoms. The quantitative estimate of drug-likeness (QED) is 0.785. The highest BCUT2D eigenvalue weighted by atomic mass is 35.5. The summed E-state index contributed by atoms with van der Waals surface area (Å²) in [7, 11) is -3.68. The van der Waals surface area contributed by atoms with Crippen LogP contribution in [0.3, 0.4) is 0 Å². The van der Waals surface area contributed by atoms with Crippen LogP contribution in [0.1, 0.15) is 36.6 Å². The van der Waals surface area contributed by atoms with Crippen molar-refractivity contribution in [1.29, 1.82) is 0 Å². The second-order valence-electron chi connectivity index (χ2n) is 6.79. The summed E-state index contributed by atoms with van der Waals surface area (Å²) in [5.41, 5.74) is 3.63. The first-order valence-corrected chi connectivity index (χ1v) is 10.9. The van der Waals surface area contributed by atoms with Gasteiger partial charge in [0.2, 0.25) is 15.9 Å². The Hall–Kier alpha value is -2.05. The number of hydrogen-bond donors (Lipinski definition) is 1. The van der Waals surface area contributed by atoms with Crippen LogP contribution in [0, 0.1) is 13.8 Å². The molecule has 0 heterocycles. The van der Waals surface area contributed by atoms with Crippen LogP contribution < -0.4 is 9.62 Å². The van der Waals surface area contributed by atoms with Crippen LogP contribution in [0.25, 0.3) is 0 Å². The maximum Gasteiger partial charge on any atom is 0.244 e. The van der Waals surface area contributed by atoms with Gasteiger partial charge in [-0.3, -0.25) is 9.10 Å². The van der Waals surface area contributed by atoms with Gasteiger partial charge in [-0.2, -0.15) is 0 Å². The van der Waals surface area contributed by atoms with Crippen molar-refractivity contribution < 1.29 is 13.2 Å². The Morgan fingerprint density at radius 3 is 2.30 bits per heavy atom. The molecule has 1 N–H and O–H groups in total. The van der Waals surface area contributed by atoms with E-state index in [1.807, 2.05) is 39.0 Å². The summed E-state index contributed by atoms with van der Waals surface area (Å²) in [6.07, 6.45) is 1.07. The molecule has 7 heteroatoms. The minimum Gasteiger partial charge on any atom is -0.348 e. The molecule has 2 aromatic rings. The molecule has 2 rings (SSSR count). The Bertz CT molecular complexity index is 944. The molecule has 0 aliphatic carbocycles. The molecule has 5 nitrogen and oxygen atoms in total. The minimum atomic E-state index is -3.68. The number of hydrogen-bond acceptors (Lipinski definition) is 3. The van der Waals surface area contributed by atoms with Crippen molar-refractivity contribution in [2.24, 2.45) is 0 Å². The Morgan fingerprint density at radius 1 is 1.07 bits per heavy atom. The molecular weight excluding hydrogens is 384 g/mol. The molecule has 0 spiro atoms. The van der Waals surface area contributed by atoms with Crippen molar-refractivity contribution in [2.75, 3.05) is 10.6 Å². The lowest BCUT2D eigenvalue weighted by molar-refractivity contribution is -0.122. The molecule has 146 valence electrons. The molecule has 0 fully saturated rings. The van der Waals surface area contributed by atoms with Crippen LogP contribution in [-0.4, -0.2) is 26.6 Å². The standard InChI is InChI=1S/C20H25ClN2O3S/c1-13-9-10-17(11-14(13)2)15(3)22-20(24)16(4)23(27(5,25)26)19-8-6-7-18(21)12-19/h6-12,15-16H,1-5H3,(H,22,24)/t15-,16-/m1/s1. The predicted octanol–water partition coefficient (Wildman–Crippen LogP) is 3.99. The van der Waals surface area contributed by atoms with Gasteiger partial charge >= 0.3 is 0 Å². The van der Waals surface area contributed by atoms with E-state index in [1.54, 1.807) is 25.1 Å². The number of aryl methyl sites for hydroxylation is 2. The highest BCUT2D eigenvalue weighted by molar-refractivity contribution is 7.92. The maximum atomic E-state index is 12.8. The second-order valence-corrected chi connectivity index (χ2v) is 9.08. The molecule has 2 aromatic carbocycles. The first-order chi connectivity index (χ1) is 12.5. The average Bonchev–Trinajstić information content (AvgIpc) is 2.56. The SMILES string of the molecule is Cc1ccc([C@@H](C)NC(=O)[C@@H](C)N(c2cccc(Cl)c2)S(C)(=O)=O)cc1C. The van der Waals surface area contributed by atoms with Crippen molar-refractivity contribution in [3.8, 4) is 0 Å². The molecule has 0 unspecified atom stereocenters. The largest absolute Gasteiger partial charge is 0.348 e. The van der Waals surface area contributed by atoms with Gasteiger partial charge in [0.05, 0.1) is 18.0 Å². The van der Waals surface area contributed by atoms with E-state index in [-0.39, 0.29) is 11.9 Å². The topological polar surface area (TPSA) is 66.5 Å². The highest BCUT2D eigenvalue weighted by Crippen LogP contribution is 2.25. The third-order valence-corrected chi connectivity index (χ3v) is 6.02. The first kappa shape index (κ1) is 21.3. The average molecular weight is 409 g/mol. The number of carbonyl (C=O) groups excluding carboxylic acids is 1. The summed E-state index contributed by atoms with van der Waals surface area (Å²) in [5.74, 6) is -0.383. The second kappa shape index (κ2) is 8.31. The van der Waals surface area contributed by atoms with E-state index in [9.17, 15) is 13.2 Å². The molecule has 2 atom stereocenters. The number of rotatable bonds is 6. The number of carbonyl (C=O) groups is 1. The number of halogens is 1. The fourth-order valence-electron chi connectivity index (χ4n) is 2.87. The monoisotopic (exact) mass is 408 g/mol. The van der Waals surface area contributed by atoms with Crippen molar-refractivity contribution in [2.45, 2.75) is 39.8 Å². The molecule has 0 aliphatic rings. The van der Waals surface area contributed by atoms with Crippen LogP contribution in [0.15, 0.2) is 42.5 Å². The summed E-state index contributed by atoms with van der Waals surface area (Å²) in [6, 6.07) is 11.3. The summed E-state index contributed by atoms with van der Waals surface area (Å²) in [6.45, 7) is 7.48. The van der Waals surface area contributed by atoms with E-state index in [0.29, 0.717) is 10.7 Å². The van der Waals surface area contributed by atoms with Crippen molar-refractivity contribution in [1.82, 2.24) is 5.32 Å². The molecule has 0 aromatic heterocycles. The highest BCUT2D eigenvalue weighted by Gasteiger charge is 2.30. The molecule has 0 aliphatic heterocycles. The number of anilines is 1. The summed E-state index contributed by atoms with van der Waals surface area (Å²) in [5, 5.41) is 3.30. The Kier molecular flexibility index (Phi) is 6.54. The van der Waals surface area contributed by atoms with Gasteiger partial charge in [0.25, 0.3) is 0 Å². The van der Waals surface area contributed by atoms with Crippen LogP contribution in [0.5, 0.6) is 0 Å². The molecule has 0 radical (unpaired) electrons.